The average Bonchev–Trinajstić information content (AvgIpc) is 2.94. The lowest BCUT2D eigenvalue weighted by Crippen LogP contribution is -2.08. The largest absolute Gasteiger partial charge is 0.491 e. The van der Waals surface area contributed by atoms with Crippen molar-refractivity contribution in [1.29, 1.82) is 0 Å². The summed E-state index contributed by atoms with van der Waals surface area (Å²) in [6.07, 6.45) is 6.19. The molecule has 1 aromatic rings. The van der Waals surface area contributed by atoms with E-state index in [-0.39, 0.29) is 6.10 Å². The Hall–Kier alpha value is -1.13. The maximum Gasteiger partial charge on any atom is 0.119 e. The van der Waals surface area contributed by atoms with Gasteiger partial charge in [-0.1, -0.05) is 6.08 Å². The Morgan fingerprint density at radius 1 is 1.20 bits per heavy atom. The summed E-state index contributed by atoms with van der Waals surface area (Å²) in [7, 11) is 0. The van der Waals surface area contributed by atoms with Gasteiger partial charge in [0.15, 0.2) is 0 Å². The van der Waals surface area contributed by atoms with E-state index in [2.05, 4.69) is 28.6 Å². The van der Waals surface area contributed by atoms with Gasteiger partial charge in [0.1, 0.15) is 5.75 Å². The summed E-state index contributed by atoms with van der Waals surface area (Å²) in [6.45, 7) is 8.41. The molecule has 2 N–H and O–H groups in total. The van der Waals surface area contributed by atoms with Crippen LogP contribution >= 0.6 is 11.9 Å². The number of rotatable bonds is 4. The summed E-state index contributed by atoms with van der Waals surface area (Å²) < 4.78 is 8.05. The molecular weight excluding hydrogens is 268 g/mol. The Labute approximate surface area is 127 Å². The van der Waals surface area contributed by atoms with Crippen LogP contribution in [0, 0.1) is 0 Å². The number of hydrogen-bond donors (Lipinski definition) is 1. The van der Waals surface area contributed by atoms with Crippen LogP contribution in [0.1, 0.15) is 33.6 Å². The van der Waals surface area contributed by atoms with Crippen molar-refractivity contribution < 1.29 is 4.74 Å². The van der Waals surface area contributed by atoms with Crippen molar-refractivity contribution >= 4 is 11.9 Å². The molecule has 1 heterocycles. The highest BCUT2D eigenvalue weighted by atomic mass is 32.2. The van der Waals surface area contributed by atoms with Crippen molar-refractivity contribution in [3.8, 4) is 5.75 Å². The van der Waals surface area contributed by atoms with Crippen LogP contribution in [0.4, 0.5) is 0 Å². The molecule has 3 nitrogen and oxygen atoms in total. The highest BCUT2D eigenvalue weighted by molar-refractivity contribution is 7.97. The molecule has 1 aliphatic heterocycles. The number of allylic oxidation sites excluding steroid dienone is 1. The minimum atomic E-state index is 0.247. The molecule has 2 rings (SSSR count). The van der Waals surface area contributed by atoms with E-state index < -0.39 is 0 Å². The van der Waals surface area contributed by atoms with Crippen molar-refractivity contribution in [3.63, 3.8) is 0 Å². The molecule has 1 fully saturated rings. The molecular formula is C16H26N2OS. The van der Waals surface area contributed by atoms with E-state index in [1.807, 2.05) is 32.7 Å². The molecule has 0 aliphatic carbocycles. The van der Waals surface area contributed by atoms with Crippen LogP contribution in [0.3, 0.4) is 0 Å². The highest BCUT2D eigenvalue weighted by Crippen LogP contribution is 2.28. The van der Waals surface area contributed by atoms with Crippen LogP contribution < -0.4 is 10.5 Å². The Morgan fingerprint density at radius 3 is 2.20 bits per heavy atom. The van der Waals surface area contributed by atoms with Gasteiger partial charge in [-0.2, -0.15) is 0 Å². The number of nitrogens with two attached hydrogens (primary N) is 1. The SMILES string of the molecule is C/C=C/N.CC(C)Oc1ccc(SN2CCCC2)cc1. The van der Waals surface area contributed by atoms with Gasteiger partial charge in [0, 0.05) is 18.0 Å². The van der Waals surface area contributed by atoms with Crippen molar-refractivity contribution in [2.24, 2.45) is 5.73 Å². The van der Waals surface area contributed by atoms with Gasteiger partial charge in [0.2, 0.25) is 0 Å². The van der Waals surface area contributed by atoms with Gasteiger partial charge in [-0.05, 0) is 76.0 Å². The van der Waals surface area contributed by atoms with Crippen molar-refractivity contribution in [2.75, 3.05) is 13.1 Å². The molecule has 0 spiro atoms. The normalized spacial score (nSPS) is 15.4. The van der Waals surface area contributed by atoms with Gasteiger partial charge >= 0.3 is 0 Å². The second-order valence-corrected chi connectivity index (χ2v) is 6.06. The maximum atomic E-state index is 5.62. The third kappa shape index (κ3) is 6.87. The summed E-state index contributed by atoms with van der Waals surface area (Å²) in [4.78, 5) is 1.30. The monoisotopic (exact) mass is 294 g/mol. The molecule has 1 aliphatic rings. The van der Waals surface area contributed by atoms with Gasteiger partial charge in [-0.25, -0.2) is 4.31 Å². The molecule has 1 aromatic carbocycles. The summed E-state index contributed by atoms with van der Waals surface area (Å²) >= 11 is 1.86. The fraction of sp³-hybridized carbons (Fsp3) is 0.500. The summed E-state index contributed by atoms with van der Waals surface area (Å²) in [5.74, 6) is 0.959. The summed E-state index contributed by atoms with van der Waals surface area (Å²) in [5, 5.41) is 0. The van der Waals surface area contributed by atoms with Crippen LogP contribution in [0.5, 0.6) is 5.75 Å². The summed E-state index contributed by atoms with van der Waals surface area (Å²) in [6, 6.07) is 8.39. The highest BCUT2D eigenvalue weighted by Gasteiger charge is 2.12. The Balaban J connectivity index is 0.000000444. The number of ether oxygens (including phenoxy) is 1. The Morgan fingerprint density at radius 2 is 1.75 bits per heavy atom. The van der Waals surface area contributed by atoms with Gasteiger partial charge in [0.05, 0.1) is 6.10 Å². The number of nitrogens with zero attached hydrogens (tertiary/aromatic N) is 1. The molecule has 0 aromatic heterocycles. The molecule has 0 radical (unpaired) electrons. The summed E-state index contributed by atoms with van der Waals surface area (Å²) in [5.41, 5.74) is 4.85. The van der Waals surface area contributed by atoms with Crippen molar-refractivity contribution in [2.45, 2.75) is 44.6 Å². The fourth-order valence-electron chi connectivity index (χ4n) is 1.78. The Bertz CT molecular complexity index is 380. The lowest BCUT2D eigenvalue weighted by Gasteiger charge is -2.14. The average molecular weight is 294 g/mol. The van der Waals surface area contributed by atoms with Crippen LogP contribution in [-0.4, -0.2) is 23.5 Å². The van der Waals surface area contributed by atoms with E-state index in [0.717, 1.165) is 5.75 Å². The van der Waals surface area contributed by atoms with Crippen LogP contribution in [0.25, 0.3) is 0 Å². The minimum Gasteiger partial charge on any atom is -0.491 e. The molecule has 20 heavy (non-hydrogen) atoms. The third-order valence-electron chi connectivity index (χ3n) is 2.69. The maximum absolute atomic E-state index is 5.62. The molecule has 0 atom stereocenters. The first-order chi connectivity index (χ1) is 9.65. The van der Waals surface area contributed by atoms with E-state index in [4.69, 9.17) is 10.5 Å². The zero-order valence-electron chi connectivity index (χ0n) is 12.7. The molecule has 0 saturated carbocycles. The van der Waals surface area contributed by atoms with Crippen LogP contribution in [0.2, 0.25) is 0 Å². The van der Waals surface area contributed by atoms with Gasteiger partial charge in [-0.15, -0.1) is 0 Å². The number of benzene rings is 1. The van der Waals surface area contributed by atoms with E-state index in [0.29, 0.717) is 0 Å². The molecule has 4 heteroatoms. The zero-order chi connectivity index (χ0) is 14.8. The lowest BCUT2D eigenvalue weighted by atomic mass is 10.3. The molecule has 0 unspecified atom stereocenters. The lowest BCUT2D eigenvalue weighted by molar-refractivity contribution is 0.242. The fourth-order valence-corrected chi connectivity index (χ4v) is 2.78. The first kappa shape index (κ1) is 16.9. The zero-order valence-corrected chi connectivity index (χ0v) is 13.5. The molecule has 0 amide bonds. The van der Waals surface area contributed by atoms with Gasteiger partial charge in [-0.3, -0.25) is 0 Å². The van der Waals surface area contributed by atoms with Crippen LogP contribution in [0.15, 0.2) is 41.4 Å². The van der Waals surface area contributed by atoms with Gasteiger partial charge in [0.25, 0.3) is 0 Å². The van der Waals surface area contributed by atoms with E-state index in [1.54, 1.807) is 6.08 Å². The standard InChI is InChI=1S/C13H19NOS.C3H7N/c1-11(2)15-12-5-7-13(8-6-12)16-14-9-3-4-10-14;1-2-3-4/h5-8,11H,3-4,9-10H2,1-2H3;2-3H,4H2,1H3/b;3-2+. The van der Waals surface area contributed by atoms with E-state index in [1.165, 1.54) is 37.0 Å². The van der Waals surface area contributed by atoms with E-state index in [9.17, 15) is 0 Å². The smallest absolute Gasteiger partial charge is 0.119 e. The molecule has 1 saturated heterocycles. The predicted octanol–water partition coefficient (Wildman–Crippen LogP) is 4.06. The second kappa shape index (κ2) is 9.72. The predicted molar refractivity (Wildman–Crippen MR) is 87.9 cm³/mol. The van der Waals surface area contributed by atoms with E-state index >= 15 is 0 Å². The Kier molecular flexibility index (Phi) is 8.23. The van der Waals surface area contributed by atoms with Gasteiger partial charge < -0.3 is 10.5 Å². The second-order valence-electron chi connectivity index (χ2n) is 4.89. The van der Waals surface area contributed by atoms with Crippen molar-refractivity contribution in [3.05, 3.63) is 36.5 Å². The van der Waals surface area contributed by atoms with Crippen molar-refractivity contribution in [1.82, 2.24) is 4.31 Å². The first-order valence-corrected chi connectivity index (χ1v) is 7.95. The number of hydrogen-bond acceptors (Lipinski definition) is 4. The topological polar surface area (TPSA) is 38.5 Å². The molecule has 0 bridgehead atoms. The molecule has 112 valence electrons. The van der Waals surface area contributed by atoms with Crippen LogP contribution in [-0.2, 0) is 0 Å². The quantitative estimate of drug-likeness (QED) is 0.850. The minimum absolute atomic E-state index is 0.247. The first-order valence-electron chi connectivity index (χ1n) is 7.18. The third-order valence-corrected chi connectivity index (χ3v) is 3.79.